The van der Waals surface area contributed by atoms with Crippen LogP contribution in [0, 0.1) is 0 Å². The van der Waals surface area contributed by atoms with Gasteiger partial charge in [0.25, 0.3) is 11.8 Å². The number of anilines is 1. The minimum Gasteiger partial charge on any atom is -0.478 e. The first-order valence-corrected chi connectivity index (χ1v) is 6.57. The van der Waals surface area contributed by atoms with Crippen molar-refractivity contribution in [3.05, 3.63) is 71.3 Å². The molecule has 2 amide bonds. The number of nitrogens with zero attached hydrogens (tertiary/aromatic N) is 1. The van der Waals surface area contributed by atoms with Crippen LogP contribution in [0.25, 0.3) is 6.08 Å². The van der Waals surface area contributed by atoms with E-state index >= 15 is 0 Å². The Bertz CT molecular complexity index is 788. The number of benzene rings is 2. The molecule has 0 aromatic heterocycles. The SMILES string of the molecule is O=C(O)/C=C/c1ccccc1N1C(=O)c2ccccc2C1=O. The van der Waals surface area contributed by atoms with Crippen molar-refractivity contribution in [2.24, 2.45) is 0 Å². The summed E-state index contributed by atoms with van der Waals surface area (Å²) in [6.07, 6.45) is 2.33. The predicted octanol–water partition coefficient (Wildman–Crippen LogP) is 2.59. The zero-order valence-electron chi connectivity index (χ0n) is 11.4. The number of carbonyl (C=O) groups is 3. The summed E-state index contributed by atoms with van der Waals surface area (Å²) in [7, 11) is 0. The van der Waals surface area contributed by atoms with Crippen LogP contribution in [-0.4, -0.2) is 22.9 Å². The van der Waals surface area contributed by atoms with Gasteiger partial charge in [0.05, 0.1) is 16.8 Å². The molecule has 5 nitrogen and oxygen atoms in total. The van der Waals surface area contributed by atoms with Gasteiger partial charge in [0.2, 0.25) is 0 Å². The van der Waals surface area contributed by atoms with Gasteiger partial charge in [-0.25, -0.2) is 9.69 Å². The first-order valence-electron chi connectivity index (χ1n) is 6.57. The maximum absolute atomic E-state index is 12.5. The van der Waals surface area contributed by atoms with Gasteiger partial charge in [-0.3, -0.25) is 9.59 Å². The number of hydrogen-bond acceptors (Lipinski definition) is 3. The summed E-state index contributed by atoms with van der Waals surface area (Å²) < 4.78 is 0. The Morgan fingerprint density at radius 1 is 0.909 bits per heavy atom. The largest absolute Gasteiger partial charge is 0.478 e. The number of hydrogen-bond donors (Lipinski definition) is 1. The average Bonchev–Trinajstić information content (AvgIpc) is 2.78. The first kappa shape index (κ1) is 13.8. The van der Waals surface area contributed by atoms with Gasteiger partial charge in [-0.1, -0.05) is 30.3 Å². The molecule has 0 fully saturated rings. The van der Waals surface area contributed by atoms with Crippen molar-refractivity contribution in [3.63, 3.8) is 0 Å². The topological polar surface area (TPSA) is 74.7 Å². The minimum atomic E-state index is -1.10. The van der Waals surface area contributed by atoms with E-state index in [1.165, 1.54) is 6.08 Å². The fraction of sp³-hybridized carbons (Fsp3) is 0. The van der Waals surface area contributed by atoms with Crippen LogP contribution in [0.3, 0.4) is 0 Å². The van der Waals surface area contributed by atoms with Crippen molar-refractivity contribution in [2.75, 3.05) is 4.90 Å². The highest BCUT2D eigenvalue weighted by molar-refractivity contribution is 6.34. The molecule has 0 unspecified atom stereocenters. The summed E-state index contributed by atoms with van der Waals surface area (Å²) in [5.74, 6) is -1.91. The second-order valence-electron chi connectivity index (χ2n) is 4.72. The van der Waals surface area contributed by atoms with Crippen molar-refractivity contribution in [2.45, 2.75) is 0 Å². The van der Waals surface area contributed by atoms with E-state index in [-0.39, 0.29) is 0 Å². The number of amides is 2. The van der Waals surface area contributed by atoms with E-state index in [1.807, 2.05) is 0 Å². The van der Waals surface area contributed by atoms with Gasteiger partial charge in [0, 0.05) is 6.08 Å². The third kappa shape index (κ3) is 2.18. The highest BCUT2D eigenvalue weighted by atomic mass is 16.4. The molecule has 3 rings (SSSR count). The van der Waals surface area contributed by atoms with Crippen LogP contribution in [0.2, 0.25) is 0 Å². The number of aliphatic carboxylic acids is 1. The second kappa shape index (κ2) is 5.29. The number of carboxylic acid groups (broad SMARTS) is 1. The lowest BCUT2D eigenvalue weighted by atomic mass is 10.1. The molecule has 0 saturated heterocycles. The van der Waals surface area contributed by atoms with Gasteiger partial charge in [0.15, 0.2) is 0 Å². The van der Waals surface area contributed by atoms with Crippen molar-refractivity contribution in [1.82, 2.24) is 0 Å². The normalized spacial score (nSPS) is 13.7. The molecular formula is C17H11NO4. The number of fused-ring (bicyclic) bond motifs is 1. The Labute approximate surface area is 126 Å². The van der Waals surface area contributed by atoms with Crippen molar-refractivity contribution in [1.29, 1.82) is 0 Å². The van der Waals surface area contributed by atoms with Crippen LogP contribution in [0.4, 0.5) is 5.69 Å². The van der Waals surface area contributed by atoms with E-state index in [2.05, 4.69) is 0 Å². The molecule has 0 aliphatic carbocycles. The van der Waals surface area contributed by atoms with E-state index in [0.717, 1.165) is 11.0 Å². The average molecular weight is 293 g/mol. The quantitative estimate of drug-likeness (QED) is 0.697. The van der Waals surface area contributed by atoms with Gasteiger partial charge in [-0.15, -0.1) is 0 Å². The van der Waals surface area contributed by atoms with Gasteiger partial charge in [0.1, 0.15) is 0 Å². The van der Waals surface area contributed by atoms with Gasteiger partial charge >= 0.3 is 5.97 Å². The summed E-state index contributed by atoms with van der Waals surface area (Å²) in [6.45, 7) is 0. The van der Waals surface area contributed by atoms with E-state index in [4.69, 9.17) is 5.11 Å². The smallest absolute Gasteiger partial charge is 0.328 e. The molecule has 1 heterocycles. The van der Waals surface area contributed by atoms with Crippen LogP contribution in [0.15, 0.2) is 54.6 Å². The summed E-state index contributed by atoms with van der Waals surface area (Å²) in [6, 6.07) is 13.3. The van der Waals surface area contributed by atoms with Crippen LogP contribution in [-0.2, 0) is 4.79 Å². The van der Waals surface area contributed by atoms with Gasteiger partial charge < -0.3 is 5.11 Å². The fourth-order valence-corrected chi connectivity index (χ4v) is 2.40. The van der Waals surface area contributed by atoms with Crippen molar-refractivity contribution >= 4 is 29.5 Å². The number of para-hydroxylation sites is 1. The van der Waals surface area contributed by atoms with Crippen LogP contribution in [0.1, 0.15) is 26.3 Å². The van der Waals surface area contributed by atoms with Crippen LogP contribution < -0.4 is 4.90 Å². The summed E-state index contributed by atoms with van der Waals surface area (Å²) in [5, 5.41) is 8.74. The van der Waals surface area contributed by atoms with Gasteiger partial charge in [-0.05, 0) is 29.8 Å². The van der Waals surface area contributed by atoms with E-state index in [1.54, 1.807) is 48.5 Å². The fourth-order valence-electron chi connectivity index (χ4n) is 2.40. The predicted molar refractivity (Wildman–Crippen MR) is 80.7 cm³/mol. The standard InChI is InChI=1S/C17H11NO4/c19-15(20)10-9-11-5-1-4-8-14(11)18-16(21)12-6-2-3-7-13(12)17(18)22/h1-10H,(H,19,20)/b10-9+. The summed E-state index contributed by atoms with van der Waals surface area (Å²) in [5.41, 5.74) is 1.56. The maximum atomic E-state index is 12.5. The third-order valence-corrected chi connectivity index (χ3v) is 3.38. The van der Waals surface area contributed by atoms with Gasteiger partial charge in [-0.2, -0.15) is 0 Å². The van der Waals surface area contributed by atoms with E-state index in [0.29, 0.717) is 22.4 Å². The third-order valence-electron chi connectivity index (χ3n) is 3.38. The van der Waals surface area contributed by atoms with E-state index < -0.39 is 17.8 Å². The first-order chi connectivity index (χ1) is 10.6. The molecular weight excluding hydrogens is 282 g/mol. The lowest BCUT2D eigenvalue weighted by Gasteiger charge is -2.16. The Balaban J connectivity index is 2.09. The Kier molecular flexibility index (Phi) is 3.31. The lowest BCUT2D eigenvalue weighted by Crippen LogP contribution is -2.29. The highest BCUT2D eigenvalue weighted by Crippen LogP contribution is 2.31. The Morgan fingerprint density at radius 2 is 1.45 bits per heavy atom. The highest BCUT2D eigenvalue weighted by Gasteiger charge is 2.36. The lowest BCUT2D eigenvalue weighted by molar-refractivity contribution is -0.131. The molecule has 1 aliphatic heterocycles. The summed E-state index contributed by atoms with van der Waals surface area (Å²) >= 11 is 0. The monoisotopic (exact) mass is 293 g/mol. The number of carboxylic acids is 1. The minimum absolute atomic E-state index is 0.351. The molecule has 1 aliphatic rings. The number of imide groups is 1. The molecule has 108 valence electrons. The Morgan fingerprint density at radius 3 is 2.05 bits per heavy atom. The zero-order valence-corrected chi connectivity index (χ0v) is 11.4. The molecule has 0 saturated carbocycles. The second-order valence-corrected chi connectivity index (χ2v) is 4.72. The van der Waals surface area contributed by atoms with E-state index in [9.17, 15) is 14.4 Å². The van der Waals surface area contributed by atoms with Crippen molar-refractivity contribution < 1.29 is 19.5 Å². The van der Waals surface area contributed by atoms with Crippen LogP contribution >= 0.6 is 0 Å². The molecule has 2 aromatic carbocycles. The molecule has 0 radical (unpaired) electrons. The molecule has 2 aromatic rings. The molecule has 1 N–H and O–H groups in total. The number of carbonyl (C=O) groups excluding carboxylic acids is 2. The summed E-state index contributed by atoms with van der Waals surface area (Å²) in [4.78, 5) is 36.7. The molecule has 0 atom stereocenters. The number of rotatable bonds is 3. The molecule has 5 heteroatoms. The molecule has 0 spiro atoms. The molecule has 22 heavy (non-hydrogen) atoms. The zero-order chi connectivity index (χ0) is 15.7. The van der Waals surface area contributed by atoms with Crippen molar-refractivity contribution in [3.8, 4) is 0 Å². The molecule has 0 bridgehead atoms. The Hall–Kier alpha value is -3.21. The maximum Gasteiger partial charge on any atom is 0.328 e. The van der Waals surface area contributed by atoms with Crippen LogP contribution in [0.5, 0.6) is 0 Å².